The van der Waals surface area contributed by atoms with Crippen LogP contribution in [0.3, 0.4) is 0 Å². The van der Waals surface area contributed by atoms with Crippen LogP contribution in [-0.2, 0) is 6.18 Å². The molecule has 3 heterocycles. The lowest BCUT2D eigenvalue weighted by molar-refractivity contribution is -0.141. The van der Waals surface area contributed by atoms with Crippen molar-refractivity contribution in [3.8, 4) is 0 Å². The Hall–Kier alpha value is -1.97. The Morgan fingerprint density at radius 2 is 2.27 bits per heavy atom. The van der Waals surface area contributed by atoms with Gasteiger partial charge in [0.05, 0.1) is 6.20 Å². The molecular formula is C12H12F3N5OS. The maximum atomic E-state index is 12.6. The molecule has 2 aromatic rings. The third-order valence-corrected chi connectivity index (χ3v) is 4.26. The van der Waals surface area contributed by atoms with Gasteiger partial charge in [0.25, 0.3) is 5.91 Å². The van der Waals surface area contributed by atoms with Crippen LogP contribution in [-0.4, -0.2) is 43.7 Å². The molecule has 0 aliphatic carbocycles. The number of alkyl halides is 3. The molecule has 1 N–H and O–H groups in total. The predicted octanol–water partition coefficient (Wildman–Crippen LogP) is 2.30. The molecule has 0 saturated carbocycles. The number of nitrogens with one attached hydrogen (secondary N) is 1. The number of halogens is 3. The number of nitrogens with zero attached hydrogens (tertiary/aromatic N) is 4. The van der Waals surface area contributed by atoms with Gasteiger partial charge < -0.3 is 4.90 Å². The Balaban J connectivity index is 1.73. The van der Waals surface area contributed by atoms with E-state index in [1.807, 2.05) is 0 Å². The summed E-state index contributed by atoms with van der Waals surface area (Å²) in [5, 5.41) is 9.38. The Morgan fingerprint density at radius 3 is 2.91 bits per heavy atom. The van der Waals surface area contributed by atoms with Crippen LogP contribution >= 0.6 is 11.5 Å². The first-order chi connectivity index (χ1) is 10.4. The zero-order chi connectivity index (χ0) is 15.7. The van der Waals surface area contributed by atoms with Crippen LogP contribution < -0.4 is 0 Å². The Morgan fingerprint density at radius 1 is 1.45 bits per heavy atom. The number of piperidine rings is 1. The van der Waals surface area contributed by atoms with Crippen LogP contribution in [0.15, 0.2) is 12.3 Å². The van der Waals surface area contributed by atoms with E-state index < -0.39 is 11.9 Å². The molecule has 1 fully saturated rings. The van der Waals surface area contributed by atoms with Gasteiger partial charge in [0.2, 0.25) is 0 Å². The number of aromatic amines is 1. The van der Waals surface area contributed by atoms with Gasteiger partial charge in [-0.15, -0.1) is 5.10 Å². The summed E-state index contributed by atoms with van der Waals surface area (Å²) in [6.45, 7) is 0.934. The number of amides is 1. The summed E-state index contributed by atoms with van der Waals surface area (Å²) < 4.78 is 41.4. The Labute approximate surface area is 127 Å². The zero-order valence-corrected chi connectivity index (χ0v) is 12.1. The van der Waals surface area contributed by atoms with Crippen LogP contribution in [0.1, 0.15) is 39.8 Å². The second kappa shape index (κ2) is 5.67. The second-order valence-corrected chi connectivity index (χ2v) is 5.86. The molecular weight excluding hydrogens is 319 g/mol. The van der Waals surface area contributed by atoms with Gasteiger partial charge in [0.1, 0.15) is 4.88 Å². The lowest BCUT2D eigenvalue weighted by Crippen LogP contribution is -2.38. The van der Waals surface area contributed by atoms with Gasteiger partial charge in [0, 0.05) is 24.7 Å². The molecule has 1 saturated heterocycles. The second-order valence-electron chi connectivity index (χ2n) is 5.08. The minimum absolute atomic E-state index is 0.179. The van der Waals surface area contributed by atoms with Gasteiger partial charge >= 0.3 is 6.18 Å². The summed E-state index contributed by atoms with van der Waals surface area (Å²) in [5.74, 6) is -0.363. The maximum absolute atomic E-state index is 12.6. The number of hydrogen-bond donors (Lipinski definition) is 1. The van der Waals surface area contributed by atoms with E-state index >= 15 is 0 Å². The van der Waals surface area contributed by atoms with Gasteiger partial charge in [-0.2, -0.15) is 18.3 Å². The summed E-state index contributed by atoms with van der Waals surface area (Å²) >= 11 is 1.01. The molecule has 1 aliphatic heterocycles. The minimum Gasteiger partial charge on any atom is -0.337 e. The summed E-state index contributed by atoms with van der Waals surface area (Å²) in [6, 6.07) is 1.02. The fourth-order valence-electron chi connectivity index (χ4n) is 2.52. The van der Waals surface area contributed by atoms with Crippen molar-refractivity contribution in [2.75, 3.05) is 13.1 Å². The van der Waals surface area contributed by atoms with Crippen molar-refractivity contribution >= 4 is 17.4 Å². The third kappa shape index (κ3) is 2.96. The van der Waals surface area contributed by atoms with E-state index in [0.29, 0.717) is 30.1 Å². The highest BCUT2D eigenvalue weighted by Gasteiger charge is 2.35. The molecule has 0 spiro atoms. The van der Waals surface area contributed by atoms with E-state index in [0.717, 1.165) is 24.0 Å². The number of hydrogen-bond acceptors (Lipinski definition) is 5. The molecule has 0 unspecified atom stereocenters. The highest BCUT2D eigenvalue weighted by Crippen LogP contribution is 2.32. The molecule has 3 rings (SSSR count). The number of carbonyl (C=O) groups excluding carboxylic acids is 1. The van der Waals surface area contributed by atoms with Crippen LogP contribution in [0, 0.1) is 0 Å². The molecule has 10 heteroatoms. The highest BCUT2D eigenvalue weighted by molar-refractivity contribution is 7.07. The van der Waals surface area contributed by atoms with Gasteiger partial charge in [-0.1, -0.05) is 4.49 Å². The SMILES string of the molecule is O=C(c1cnns1)N1CCC[C@H](c2cc(C(F)(F)F)n[nH]2)C1. The first-order valence-corrected chi connectivity index (χ1v) is 7.41. The smallest absolute Gasteiger partial charge is 0.337 e. The maximum Gasteiger partial charge on any atom is 0.435 e. The molecule has 1 aliphatic rings. The van der Waals surface area contributed by atoms with Gasteiger partial charge in [-0.25, -0.2) is 0 Å². The van der Waals surface area contributed by atoms with E-state index in [4.69, 9.17) is 0 Å². The van der Waals surface area contributed by atoms with E-state index in [2.05, 4.69) is 19.8 Å². The lowest BCUT2D eigenvalue weighted by atomic mass is 9.94. The molecule has 118 valence electrons. The van der Waals surface area contributed by atoms with Gasteiger partial charge in [0.15, 0.2) is 5.69 Å². The molecule has 1 atom stereocenters. The number of aromatic nitrogens is 4. The summed E-state index contributed by atoms with van der Waals surface area (Å²) in [7, 11) is 0. The standard InChI is InChI=1S/C12H12F3N5OS/c13-12(14,15)10-4-8(17-18-10)7-2-1-3-20(6-7)11(21)9-5-16-19-22-9/h4-5,7H,1-3,6H2,(H,17,18)/t7-/m0/s1. The van der Waals surface area contributed by atoms with Gasteiger partial charge in [-0.05, 0) is 30.4 Å². The highest BCUT2D eigenvalue weighted by atomic mass is 32.1. The fraction of sp³-hybridized carbons (Fsp3) is 0.500. The number of rotatable bonds is 2. The first kappa shape index (κ1) is 14.9. The summed E-state index contributed by atoms with van der Waals surface area (Å²) in [6.07, 6.45) is -1.63. The summed E-state index contributed by atoms with van der Waals surface area (Å²) in [4.78, 5) is 14.3. The lowest BCUT2D eigenvalue weighted by Gasteiger charge is -2.31. The molecule has 6 nitrogen and oxygen atoms in total. The number of carbonyl (C=O) groups is 1. The van der Waals surface area contributed by atoms with Crippen LogP contribution in [0.2, 0.25) is 0 Å². The fourth-order valence-corrected chi connectivity index (χ4v) is 3.01. The largest absolute Gasteiger partial charge is 0.435 e. The van der Waals surface area contributed by atoms with Crippen molar-refractivity contribution in [3.05, 3.63) is 28.5 Å². The normalized spacial score (nSPS) is 19.4. The van der Waals surface area contributed by atoms with Crippen molar-refractivity contribution in [1.29, 1.82) is 0 Å². The predicted molar refractivity (Wildman–Crippen MR) is 71.4 cm³/mol. The molecule has 2 aromatic heterocycles. The van der Waals surface area contributed by atoms with E-state index in [9.17, 15) is 18.0 Å². The van der Waals surface area contributed by atoms with Crippen molar-refractivity contribution in [2.45, 2.75) is 24.9 Å². The summed E-state index contributed by atoms with van der Waals surface area (Å²) in [5.41, 5.74) is -0.523. The van der Waals surface area contributed by atoms with Crippen molar-refractivity contribution in [2.24, 2.45) is 0 Å². The van der Waals surface area contributed by atoms with Crippen molar-refractivity contribution < 1.29 is 18.0 Å². The van der Waals surface area contributed by atoms with Crippen LogP contribution in [0.25, 0.3) is 0 Å². The van der Waals surface area contributed by atoms with E-state index in [1.54, 1.807) is 4.90 Å². The van der Waals surface area contributed by atoms with Crippen LogP contribution in [0.5, 0.6) is 0 Å². The average Bonchev–Trinajstić information content (AvgIpc) is 3.17. The van der Waals surface area contributed by atoms with Gasteiger partial charge in [-0.3, -0.25) is 9.89 Å². The van der Waals surface area contributed by atoms with Crippen LogP contribution in [0.4, 0.5) is 13.2 Å². The molecule has 0 bridgehead atoms. The Bertz CT molecular complexity index is 654. The van der Waals surface area contributed by atoms with E-state index in [-0.39, 0.29) is 11.8 Å². The minimum atomic E-state index is -4.47. The first-order valence-electron chi connectivity index (χ1n) is 6.64. The molecule has 1 amide bonds. The quantitative estimate of drug-likeness (QED) is 0.916. The van der Waals surface area contributed by atoms with E-state index in [1.165, 1.54) is 6.20 Å². The molecule has 0 radical (unpaired) electrons. The monoisotopic (exact) mass is 331 g/mol. The zero-order valence-electron chi connectivity index (χ0n) is 11.3. The molecule has 22 heavy (non-hydrogen) atoms. The number of likely N-dealkylation sites (tertiary alicyclic amines) is 1. The van der Waals surface area contributed by atoms with Crippen molar-refractivity contribution in [3.63, 3.8) is 0 Å². The number of H-pyrrole nitrogens is 1. The van der Waals surface area contributed by atoms with Crippen molar-refractivity contribution in [1.82, 2.24) is 24.7 Å². The molecule has 0 aromatic carbocycles. The average molecular weight is 331 g/mol. The Kier molecular flexibility index (Phi) is 3.85. The topological polar surface area (TPSA) is 74.8 Å². The third-order valence-electron chi connectivity index (χ3n) is 3.61.